The third-order valence-electron chi connectivity index (χ3n) is 4.71. The summed E-state index contributed by atoms with van der Waals surface area (Å²) < 4.78 is 11.3. The van der Waals surface area contributed by atoms with Gasteiger partial charge in [-0.1, -0.05) is 30.3 Å². The highest BCUT2D eigenvalue weighted by molar-refractivity contribution is 6.03. The van der Waals surface area contributed by atoms with Crippen molar-refractivity contribution in [2.45, 2.75) is 0 Å². The van der Waals surface area contributed by atoms with Crippen molar-refractivity contribution in [1.29, 1.82) is 0 Å². The molecular formula is C20H16N2O3. The van der Waals surface area contributed by atoms with Gasteiger partial charge in [0.25, 0.3) is 0 Å². The maximum atomic E-state index is 12.5. The molecule has 0 bridgehead atoms. The molecule has 2 aromatic rings. The summed E-state index contributed by atoms with van der Waals surface area (Å²) in [5, 5.41) is 2.16. The lowest BCUT2D eigenvalue weighted by atomic mass is 10.1. The molecular weight excluding hydrogens is 316 g/mol. The Morgan fingerprint density at radius 3 is 2.72 bits per heavy atom. The number of morpholine rings is 1. The fraction of sp³-hybridized carbons (Fsp3) is 0.200. The minimum Gasteiger partial charge on any atom is -0.453 e. The first-order chi connectivity index (χ1) is 12.3. The highest BCUT2D eigenvalue weighted by Gasteiger charge is 2.19. The van der Waals surface area contributed by atoms with Gasteiger partial charge in [-0.2, -0.15) is 0 Å². The van der Waals surface area contributed by atoms with Crippen LogP contribution in [0.15, 0.2) is 57.7 Å². The molecule has 0 saturated carbocycles. The molecule has 0 amide bonds. The predicted molar refractivity (Wildman–Crippen MR) is 97.4 cm³/mol. The Balaban J connectivity index is 1.77. The van der Waals surface area contributed by atoms with Crippen LogP contribution in [0.5, 0.6) is 0 Å². The number of anilines is 1. The molecule has 2 heterocycles. The van der Waals surface area contributed by atoms with E-state index >= 15 is 0 Å². The molecule has 124 valence electrons. The van der Waals surface area contributed by atoms with Crippen LogP contribution in [0.3, 0.4) is 0 Å². The van der Waals surface area contributed by atoms with Crippen LogP contribution in [0, 0.1) is 0 Å². The molecule has 2 aromatic carbocycles. The van der Waals surface area contributed by atoms with Gasteiger partial charge in [0.2, 0.25) is 5.43 Å². The van der Waals surface area contributed by atoms with Gasteiger partial charge in [-0.05, 0) is 17.5 Å². The SMILES string of the molecule is O=c1cc2oc3ccc4ccccc4c3nc-2cc1N1CCOCC1. The molecule has 1 saturated heterocycles. The summed E-state index contributed by atoms with van der Waals surface area (Å²) in [6, 6.07) is 15.4. The minimum atomic E-state index is -0.0416. The zero-order valence-corrected chi connectivity index (χ0v) is 13.6. The van der Waals surface area contributed by atoms with E-state index in [9.17, 15) is 4.79 Å². The lowest BCUT2D eigenvalue weighted by molar-refractivity contribution is 0.122. The van der Waals surface area contributed by atoms with E-state index in [4.69, 9.17) is 14.1 Å². The van der Waals surface area contributed by atoms with Gasteiger partial charge in [-0.3, -0.25) is 4.79 Å². The molecule has 0 radical (unpaired) electrons. The van der Waals surface area contributed by atoms with E-state index < -0.39 is 0 Å². The van der Waals surface area contributed by atoms with Crippen LogP contribution < -0.4 is 10.3 Å². The number of aromatic nitrogens is 1. The summed E-state index contributed by atoms with van der Waals surface area (Å²) >= 11 is 0. The molecule has 0 atom stereocenters. The van der Waals surface area contributed by atoms with Crippen molar-refractivity contribution in [2.75, 3.05) is 31.2 Å². The molecule has 25 heavy (non-hydrogen) atoms. The smallest absolute Gasteiger partial charge is 0.205 e. The molecule has 0 aromatic heterocycles. The number of hydrogen-bond donors (Lipinski definition) is 0. The lowest BCUT2D eigenvalue weighted by Gasteiger charge is -2.28. The van der Waals surface area contributed by atoms with Crippen molar-refractivity contribution in [2.24, 2.45) is 0 Å². The number of fused-ring (bicyclic) bond motifs is 4. The molecule has 5 heteroatoms. The Hall–Kier alpha value is -2.92. The maximum Gasteiger partial charge on any atom is 0.205 e. The van der Waals surface area contributed by atoms with Crippen LogP contribution in [-0.4, -0.2) is 31.3 Å². The summed E-state index contributed by atoms with van der Waals surface area (Å²) in [6.07, 6.45) is 0. The van der Waals surface area contributed by atoms with Crippen molar-refractivity contribution < 1.29 is 9.15 Å². The summed E-state index contributed by atoms with van der Waals surface area (Å²) in [7, 11) is 0. The number of ether oxygens (including phenoxy) is 1. The largest absolute Gasteiger partial charge is 0.453 e. The van der Waals surface area contributed by atoms with Crippen LogP contribution in [0.2, 0.25) is 0 Å². The minimum absolute atomic E-state index is 0.0416. The third-order valence-corrected chi connectivity index (χ3v) is 4.71. The van der Waals surface area contributed by atoms with E-state index in [2.05, 4.69) is 11.0 Å². The van der Waals surface area contributed by atoms with Crippen molar-refractivity contribution in [1.82, 2.24) is 4.98 Å². The Labute approximate surface area is 143 Å². The quantitative estimate of drug-likeness (QED) is 0.395. The molecule has 0 unspecified atom stereocenters. The standard InChI is InChI=1S/C20H16N2O3/c23-17-12-19-15(11-16(17)22-7-9-24-10-8-22)21-20-14-4-2-1-3-13(14)5-6-18(20)25-19/h1-6,11-12H,7-10H2. The summed E-state index contributed by atoms with van der Waals surface area (Å²) in [5.41, 5.74) is 2.82. The predicted octanol–water partition coefficient (Wildman–Crippen LogP) is 3.28. The monoisotopic (exact) mass is 332 g/mol. The summed E-state index contributed by atoms with van der Waals surface area (Å²) in [4.78, 5) is 19.4. The molecule has 5 rings (SSSR count). The summed E-state index contributed by atoms with van der Waals surface area (Å²) in [6.45, 7) is 2.71. The molecule has 5 nitrogen and oxygen atoms in total. The van der Waals surface area contributed by atoms with Gasteiger partial charge in [0.05, 0.1) is 18.9 Å². The zero-order chi connectivity index (χ0) is 16.8. The van der Waals surface area contributed by atoms with E-state index in [1.165, 1.54) is 0 Å². The van der Waals surface area contributed by atoms with Gasteiger partial charge >= 0.3 is 0 Å². The van der Waals surface area contributed by atoms with E-state index in [0.717, 1.165) is 16.3 Å². The van der Waals surface area contributed by atoms with E-state index in [1.54, 1.807) is 6.07 Å². The van der Waals surface area contributed by atoms with Gasteiger partial charge in [0.15, 0.2) is 11.3 Å². The topological polar surface area (TPSA) is 55.6 Å². The van der Waals surface area contributed by atoms with Crippen molar-refractivity contribution >= 4 is 27.6 Å². The van der Waals surface area contributed by atoms with E-state index in [-0.39, 0.29) is 5.43 Å². The Kier molecular flexibility index (Phi) is 3.21. The van der Waals surface area contributed by atoms with Crippen LogP contribution in [0.25, 0.3) is 33.3 Å². The molecule has 3 aliphatic rings. The Morgan fingerprint density at radius 1 is 1.00 bits per heavy atom. The van der Waals surface area contributed by atoms with Crippen LogP contribution in [-0.2, 0) is 4.74 Å². The van der Waals surface area contributed by atoms with Gasteiger partial charge in [0.1, 0.15) is 11.2 Å². The number of benzene rings is 3. The van der Waals surface area contributed by atoms with Gasteiger partial charge in [-0.15, -0.1) is 0 Å². The van der Waals surface area contributed by atoms with Crippen LogP contribution in [0.4, 0.5) is 5.69 Å². The number of hydrogen-bond acceptors (Lipinski definition) is 5. The Morgan fingerprint density at radius 2 is 1.84 bits per heavy atom. The molecule has 2 aliphatic heterocycles. The normalized spacial score (nSPS) is 15.3. The third kappa shape index (κ3) is 2.36. The molecule has 0 N–H and O–H groups in total. The molecule has 0 spiro atoms. The molecule has 1 fully saturated rings. The van der Waals surface area contributed by atoms with Crippen LogP contribution >= 0.6 is 0 Å². The maximum absolute atomic E-state index is 12.5. The highest BCUT2D eigenvalue weighted by atomic mass is 16.5. The lowest BCUT2D eigenvalue weighted by Crippen LogP contribution is -2.38. The number of nitrogens with zero attached hydrogens (tertiary/aromatic N) is 2. The average Bonchev–Trinajstić information content (AvgIpc) is 2.66. The first-order valence-corrected chi connectivity index (χ1v) is 8.39. The second-order valence-corrected chi connectivity index (χ2v) is 6.23. The fourth-order valence-electron chi connectivity index (χ4n) is 3.43. The average molecular weight is 332 g/mol. The Bertz CT molecular complexity index is 1110. The van der Waals surface area contributed by atoms with Crippen molar-refractivity contribution in [3.8, 4) is 11.5 Å². The zero-order valence-electron chi connectivity index (χ0n) is 13.6. The number of rotatable bonds is 1. The van der Waals surface area contributed by atoms with Gasteiger partial charge < -0.3 is 14.1 Å². The summed E-state index contributed by atoms with van der Waals surface area (Å²) in [5.74, 6) is 0.518. The van der Waals surface area contributed by atoms with Crippen LogP contribution in [0.1, 0.15) is 0 Å². The first kappa shape index (κ1) is 14.4. The van der Waals surface area contributed by atoms with Gasteiger partial charge in [0, 0.05) is 24.5 Å². The van der Waals surface area contributed by atoms with Gasteiger partial charge in [-0.25, -0.2) is 4.98 Å². The fourth-order valence-corrected chi connectivity index (χ4v) is 3.43. The van der Waals surface area contributed by atoms with E-state index in [1.807, 2.05) is 36.4 Å². The second kappa shape index (κ2) is 5.57. The second-order valence-electron chi connectivity index (χ2n) is 6.23. The molecule has 1 aliphatic carbocycles. The van der Waals surface area contributed by atoms with Crippen molar-refractivity contribution in [3.63, 3.8) is 0 Å². The van der Waals surface area contributed by atoms with E-state index in [0.29, 0.717) is 49.0 Å². The first-order valence-electron chi connectivity index (χ1n) is 8.39. The highest BCUT2D eigenvalue weighted by Crippen LogP contribution is 2.30. The van der Waals surface area contributed by atoms with Crippen molar-refractivity contribution in [3.05, 3.63) is 58.8 Å².